The molecule has 0 radical (unpaired) electrons. The van der Waals surface area contributed by atoms with Gasteiger partial charge in [0.05, 0.1) is 23.2 Å². The molecule has 0 saturated carbocycles. The molecule has 1 amide bonds. The SMILES string of the molecule is CONS(=O)(=O)c1cc(C(=O)N2CCC(CCN3[C@@H]4CC[C@H]3CC(n3c(C)nc5ccccc53)C4)(c3ccccc3)CC2)ccc1Cl. The number of aryl methyl sites for hydroxylation is 1. The predicted octanol–water partition coefficient (Wildman–Crippen LogP) is 6.27. The van der Waals surface area contributed by atoms with E-state index < -0.39 is 10.0 Å². The summed E-state index contributed by atoms with van der Waals surface area (Å²) in [6.07, 6.45) is 7.51. The molecule has 3 aliphatic heterocycles. The summed E-state index contributed by atoms with van der Waals surface area (Å²) < 4.78 is 27.7. The Kier molecular flexibility index (Phi) is 8.91. The van der Waals surface area contributed by atoms with Crippen LogP contribution in [0.3, 0.4) is 0 Å². The van der Waals surface area contributed by atoms with Crippen LogP contribution in [-0.4, -0.2) is 72.5 Å². The summed E-state index contributed by atoms with van der Waals surface area (Å²) >= 11 is 6.19. The van der Waals surface area contributed by atoms with Crippen molar-refractivity contribution >= 4 is 38.6 Å². The van der Waals surface area contributed by atoms with Crippen LogP contribution >= 0.6 is 11.6 Å². The molecule has 2 bridgehead atoms. The zero-order valence-electron chi connectivity index (χ0n) is 26.9. The molecule has 4 heterocycles. The summed E-state index contributed by atoms with van der Waals surface area (Å²) in [7, 11) is -2.80. The van der Waals surface area contributed by atoms with E-state index in [1.165, 1.54) is 43.2 Å². The average molecular weight is 676 g/mol. The lowest BCUT2D eigenvalue weighted by Gasteiger charge is -2.45. The van der Waals surface area contributed by atoms with Crippen LogP contribution in [0.5, 0.6) is 0 Å². The first-order valence-corrected chi connectivity index (χ1v) is 18.4. The zero-order valence-corrected chi connectivity index (χ0v) is 28.5. The van der Waals surface area contributed by atoms with Gasteiger partial charge in [-0.1, -0.05) is 59.0 Å². The standard InChI is InChI=1S/C36H42ClN5O4S/c1-25-38-32-10-6-7-11-33(32)42(25)30-23-28-13-14-29(24-30)41(28)21-18-36(27-8-4-3-5-9-27)16-19-40(20-17-36)35(43)26-12-15-31(37)34(22-26)47(44,45)39-46-2/h3-12,15,22,28-30,39H,13-14,16-21,23-24H2,1-2H3/t28-,29+,30?. The highest BCUT2D eigenvalue weighted by atomic mass is 35.5. The Hall–Kier alpha value is -3.28. The fraction of sp³-hybridized carbons (Fsp3) is 0.444. The van der Waals surface area contributed by atoms with Gasteiger partial charge in [0.25, 0.3) is 15.9 Å². The quantitative estimate of drug-likeness (QED) is 0.210. The van der Waals surface area contributed by atoms with Crippen molar-refractivity contribution in [2.75, 3.05) is 26.7 Å². The second-order valence-corrected chi connectivity index (χ2v) is 15.4. The number of benzene rings is 3. The summed E-state index contributed by atoms with van der Waals surface area (Å²) in [6, 6.07) is 25.3. The van der Waals surface area contributed by atoms with Crippen molar-refractivity contribution in [3.8, 4) is 0 Å². The molecular formula is C36H42ClN5O4S. The number of hydrogen-bond donors (Lipinski definition) is 1. The molecule has 248 valence electrons. The van der Waals surface area contributed by atoms with Crippen molar-refractivity contribution in [2.45, 2.75) is 80.3 Å². The topological polar surface area (TPSA) is 96.8 Å². The normalized spacial score (nSPS) is 23.0. The van der Waals surface area contributed by atoms with Gasteiger partial charge in [-0.15, -0.1) is 0 Å². The van der Waals surface area contributed by atoms with Gasteiger partial charge in [0, 0.05) is 36.8 Å². The summed E-state index contributed by atoms with van der Waals surface area (Å²) in [4.78, 5) is 29.6. The van der Waals surface area contributed by atoms with Crippen LogP contribution in [0, 0.1) is 6.92 Å². The van der Waals surface area contributed by atoms with E-state index in [0.29, 0.717) is 36.8 Å². The number of fused-ring (bicyclic) bond motifs is 3. The van der Waals surface area contributed by atoms with Crippen LogP contribution in [-0.2, 0) is 20.3 Å². The second kappa shape index (κ2) is 13.0. The van der Waals surface area contributed by atoms with Gasteiger partial charge in [-0.2, -0.15) is 0 Å². The zero-order chi connectivity index (χ0) is 32.8. The van der Waals surface area contributed by atoms with Gasteiger partial charge in [-0.05, 0) is 99.7 Å². The Bertz CT molecular complexity index is 1860. The third-order valence-electron chi connectivity index (χ3n) is 10.9. The molecule has 0 spiro atoms. The van der Waals surface area contributed by atoms with E-state index in [1.54, 1.807) is 6.07 Å². The van der Waals surface area contributed by atoms with Gasteiger partial charge in [0.1, 0.15) is 10.7 Å². The molecule has 9 nitrogen and oxygen atoms in total. The summed E-state index contributed by atoms with van der Waals surface area (Å²) in [5, 5.41) is 0.0272. The van der Waals surface area contributed by atoms with E-state index in [1.807, 2.05) is 9.79 Å². The Morgan fingerprint density at radius 1 is 0.979 bits per heavy atom. The molecule has 3 saturated heterocycles. The van der Waals surface area contributed by atoms with Gasteiger partial charge in [0.15, 0.2) is 0 Å². The van der Waals surface area contributed by atoms with Crippen LogP contribution in [0.25, 0.3) is 11.0 Å². The molecule has 3 atom stereocenters. The van der Waals surface area contributed by atoms with E-state index in [0.717, 1.165) is 50.0 Å². The summed E-state index contributed by atoms with van der Waals surface area (Å²) in [5.74, 6) is 0.913. The van der Waals surface area contributed by atoms with Gasteiger partial charge in [0.2, 0.25) is 0 Å². The number of imidazole rings is 1. The number of hydrogen-bond acceptors (Lipinski definition) is 6. The Morgan fingerprint density at radius 3 is 2.36 bits per heavy atom. The highest BCUT2D eigenvalue weighted by molar-refractivity contribution is 7.89. The first-order chi connectivity index (χ1) is 22.7. The molecule has 0 aliphatic carbocycles. The lowest BCUT2D eigenvalue weighted by molar-refractivity contribution is 0.0606. The van der Waals surface area contributed by atoms with Gasteiger partial charge >= 0.3 is 0 Å². The fourth-order valence-corrected chi connectivity index (χ4v) is 9.92. The molecule has 7 rings (SSSR count). The summed E-state index contributed by atoms with van der Waals surface area (Å²) in [5.41, 5.74) is 3.91. The lowest BCUT2D eigenvalue weighted by atomic mass is 9.70. The maximum absolute atomic E-state index is 13.7. The van der Waals surface area contributed by atoms with E-state index >= 15 is 0 Å². The monoisotopic (exact) mass is 675 g/mol. The van der Waals surface area contributed by atoms with Crippen molar-refractivity contribution in [1.82, 2.24) is 24.2 Å². The minimum Gasteiger partial charge on any atom is -0.339 e. The van der Waals surface area contributed by atoms with Crippen molar-refractivity contribution < 1.29 is 18.0 Å². The average Bonchev–Trinajstić information content (AvgIpc) is 3.54. The van der Waals surface area contributed by atoms with Crippen molar-refractivity contribution in [1.29, 1.82) is 0 Å². The molecule has 1 aromatic heterocycles. The number of para-hydroxylation sites is 2. The third-order valence-corrected chi connectivity index (χ3v) is 12.6. The van der Waals surface area contributed by atoms with Gasteiger partial charge in [-0.25, -0.2) is 13.4 Å². The number of nitrogens with zero attached hydrogens (tertiary/aromatic N) is 4. The van der Waals surface area contributed by atoms with Gasteiger partial charge in [-0.3, -0.25) is 14.5 Å². The number of halogens is 1. The van der Waals surface area contributed by atoms with Gasteiger partial charge < -0.3 is 9.47 Å². The maximum Gasteiger partial charge on any atom is 0.263 e. The van der Waals surface area contributed by atoms with E-state index in [9.17, 15) is 13.2 Å². The Labute approximate surface area is 281 Å². The number of piperidine rings is 2. The predicted molar refractivity (Wildman–Crippen MR) is 183 cm³/mol. The smallest absolute Gasteiger partial charge is 0.263 e. The van der Waals surface area contributed by atoms with Crippen LogP contribution in [0.15, 0.2) is 77.7 Å². The maximum atomic E-state index is 13.7. The second-order valence-electron chi connectivity index (χ2n) is 13.4. The first kappa shape index (κ1) is 32.3. The summed E-state index contributed by atoms with van der Waals surface area (Å²) in [6.45, 7) is 4.37. The molecule has 1 unspecified atom stereocenters. The number of sulfonamides is 1. The number of carbonyl (C=O) groups excluding carboxylic acids is 1. The third kappa shape index (κ3) is 6.10. The number of carbonyl (C=O) groups is 1. The molecule has 3 aromatic carbocycles. The number of rotatable bonds is 9. The minimum absolute atomic E-state index is 0.0272. The molecule has 4 aromatic rings. The minimum atomic E-state index is -4.02. The molecule has 3 fully saturated rings. The highest BCUT2D eigenvalue weighted by Gasteiger charge is 2.44. The number of amides is 1. The first-order valence-electron chi connectivity index (χ1n) is 16.6. The van der Waals surface area contributed by atoms with Crippen LogP contribution in [0.4, 0.5) is 0 Å². The van der Waals surface area contributed by atoms with E-state index in [2.05, 4.69) is 75.8 Å². The van der Waals surface area contributed by atoms with Crippen molar-refractivity contribution in [3.63, 3.8) is 0 Å². The molecule has 3 aliphatic rings. The number of likely N-dealkylation sites (tertiary alicyclic amines) is 1. The molecule has 47 heavy (non-hydrogen) atoms. The largest absolute Gasteiger partial charge is 0.339 e. The number of aromatic nitrogens is 2. The van der Waals surface area contributed by atoms with Crippen LogP contribution in [0.2, 0.25) is 5.02 Å². The van der Waals surface area contributed by atoms with Crippen LogP contribution in [0.1, 0.15) is 72.7 Å². The molecular weight excluding hydrogens is 634 g/mol. The van der Waals surface area contributed by atoms with E-state index in [4.69, 9.17) is 16.6 Å². The highest BCUT2D eigenvalue weighted by Crippen LogP contribution is 2.45. The molecule has 11 heteroatoms. The van der Waals surface area contributed by atoms with Crippen molar-refractivity contribution in [2.24, 2.45) is 0 Å². The Morgan fingerprint density at radius 2 is 1.66 bits per heavy atom. The van der Waals surface area contributed by atoms with Crippen LogP contribution < -0.4 is 4.89 Å². The number of nitrogens with one attached hydrogen (secondary N) is 1. The lowest BCUT2D eigenvalue weighted by Crippen LogP contribution is -2.49. The van der Waals surface area contributed by atoms with E-state index in [-0.39, 0.29) is 21.2 Å². The Balaban J connectivity index is 1.06. The molecule has 1 N–H and O–H groups in total. The fourth-order valence-electron chi connectivity index (χ4n) is 8.58. The van der Waals surface area contributed by atoms with Crippen molar-refractivity contribution in [3.05, 3.63) is 94.8 Å².